The number of nitrogens with one attached hydrogen (secondary N) is 2. The highest BCUT2D eigenvalue weighted by Gasteiger charge is 2.28. The zero-order chi connectivity index (χ0) is 27.3. The van der Waals surface area contributed by atoms with Gasteiger partial charge in [-0.3, -0.25) is 4.79 Å². The normalized spacial score (nSPS) is 13.9. The van der Waals surface area contributed by atoms with Gasteiger partial charge in [-0.1, -0.05) is 65.8 Å². The van der Waals surface area contributed by atoms with Gasteiger partial charge in [-0.2, -0.15) is 0 Å². The lowest BCUT2D eigenvalue weighted by Crippen LogP contribution is -2.48. The van der Waals surface area contributed by atoms with E-state index >= 15 is 0 Å². The summed E-state index contributed by atoms with van der Waals surface area (Å²) < 4.78 is 10.9. The molecule has 2 unspecified atom stereocenters. The van der Waals surface area contributed by atoms with Gasteiger partial charge in [0.2, 0.25) is 5.91 Å². The molecule has 0 aromatic heterocycles. The van der Waals surface area contributed by atoms with Crippen molar-refractivity contribution in [1.82, 2.24) is 10.6 Å². The minimum Gasteiger partial charge on any atom is -0.480 e. The average Bonchev–Trinajstić information content (AvgIpc) is 2.76. The molecule has 0 saturated carbocycles. The lowest BCUT2D eigenvalue weighted by Gasteiger charge is -2.22. The second-order valence-electron chi connectivity index (χ2n) is 9.42. The van der Waals surface area contributed by atoms with E-state index in [4.69, 9.17) is 9.47 Å². The molecule has 0 saturated heterocycles. The number of carbonyl (C=O) groups is 4. The van der Waals surface area contributed by atoms with Crippen LogP contribution in [0.4, 0.5) is 4.79 Å². The van der Waals surface area contributed by atoms with Gasteiger partial charge in [0.15, 0.2) is 0 Å². The van der Waals surface area contributed by atoms with Crippen LogP contribution in [0, 0.1) is 5.92 Å². The number of ether oxygens (including phenoxy) is 2. The summed E-state index contributed by atoms with van der Waals surface area (Å²) >= 11 is 0. The molecule has 12 heteroatoms. The maximum absolute atomic E-state index is 12.8. The van der Waals surface area contributed by atoms with Gasteiger partial charge >= 0.3 is 18.0 Å². The quantitative estimate of drug-likeness (QED) is 0.191. The van der Waals surface area contributed by atoms with Crippen LogP contribution in [0.15, 0.2) is 30.3 Å². The van der Waals surface area contributed by atoms with Gasteiger partial charge in [0.1, 0.15) is 23.8 Å². The number of hydrogen-bond acceptors (Lipinski definition) is 8. The van der Waals surface area contributed by atoms with Crippen molar-refractivity contribution in [3.05, 3.63) is 35.9 Å². The van der Waals surface area contributed by atoms with E-state index in [1.54, 1.807) is 20.8 Å². The second-order valence-corrected chi connectivity index (χ2v) is 12.0. The third-order valence-corrected chi connectivity index (χ3v) is 6.85. The molecular weight excluding hydrogens is 508 g/mol. The van der Waals surface area contributed by atoms with Crippen LogP contribution in [0.2, 0.25) is 0 Å². The topological polar surface area (TPSA) is 151 Å². The molecule has 10 nitrogen and oxygen atoms in total. The van der Waals surface area contributed by atoms with Gasteiger partial charge in [0, 0.05) is 11.5 Å². The zero-order valence-electron chi connectivity index (χ0n) is 21.2. The summed E-state index contributed by atoms with van der Waals surface area (Å²) in [6, 6.07) is 6.93. The van der Waals surface area contributed by atoms with Crippen molar-refractivity contribution in [1.29, 1.82) is 0 Å². The molecule has 0 aliphatic heterocycles. The van der Waals surface area contributed by atoms with Crippen molar-refractivity contribution in [2.24, 2.45) is 5.92 Å². The molecule has 4 N–H and O–H groups in total. The van der Waals surface area contributed by atoms with E-state index in [2.05, 4.69) is 10.6 Å². The number of aliphatic carboxylic acids is 2. The Morgan fingerprint density at radius 3 is 1.92 bits per heavy atom. The number of benzene rings is 1. The second kappa shape index (κ2) is 15.6. The third kappa shape index (κ3) is 13.6. The monoisotopic (exact) mass is 544 g/mol. The Labute approximate surface area is 219 Å². The van der Waals surface area contributed by atoms with Gasteiger partial charge in [-0.25, -0.2) is 14.4 Å². The SMILES string of the molecule is CC(C)C[C@H](OCc1ccccc1)C(=O)NC(CSSCC(NC(=O)OC(C)(C)C)C(=O)O)C(=O)O. The number of rotatable bonds is 15. The fourth-order valence-electron chi connectivity index (χ4n) is 2.75. The summed E-state index contributed by atoms with van der Waals surface area (Å²) in [5.41, 5.74) is 0.119. The highest BCUT2D eigenvalue weighted by molar-refractivity contribution is 8.76. The third-order valence-electron chi connectivity index (χ3n) is 4.43. The zero-order valence-corrected chi connectivity index (χ0v) is 22.8. The molecule has 1 aromatic rings. The summed E-state index contributed by atoms with van der Waals surface area (Å²) in [6.45, 7) is 9.08. The first-order chi connectivity index (χ1) is 16.8. The summed E-state index contributed by atoms with van der Waals surface area (Å²) in [7, 11) is 2.15. The van der Waals surface area contributed by atoms with E-state index in [0.717, 1.165) is 27.2 Å². The number of carboxylic acid groups (broad SMARTS) is 2. The average molecular weight is 545 g/mol. The van der Waals surface area contributed by atoms with Gasteiger partial charge in [0.25, 0.3) is 0 Å². The minimum absolute atomic E-state index is 0.0163. The first kappa shape index (κ1) is 31.6. The van der Waals surface area contributed by atoms with Crippen LogP contribution in [-0.4, -0.2) is 69.4 Å². The first-order valence-corrected chi connectivity index (χ1v) is 13.9. The highest BCUT2D eigenvalue weighted by atomic mass is 33.1. The van der Waals surface area contributed by atoms with E-state index in [1.165, 1.54) is 0 Å². The molecule has 0 bridgehead atoms. The standard InChI is InChI=1S/C24H36N2O8S2/c1-15(2)11-19(33-12-16-9-7-6-8-10-16)20(27)25-17(21(28)29)13-35-36-14-18(22(30)31)26-23(32)34-24(3,4)5/h6-10,15,17-19H,11-14H2,1-5H3,(H,25,27)(H,26,32)(H,28,29)(H,30,31)/t17?,18?,19-/m0/s1. The smallest absolute Gasteiger partial charge is 0.408 e. The Bertz CT molecular complexity index is 861. The number of alkyl carbamates (subject to hydrolysis) is 1. The van der Waals surface area contributed by atoms with Crippen molar-refractivity contribution < 1.29 is 38.9 Å². The van der Waals surface area contributed by atoms with E-state index in [1.807, 2.05) is 44.2 Å². The van der Waals surface area contributed by atoms with Crippen LogP contribution in [0.1, 0.15) is 46.6 Å². The lowest BCUT2D eigenvalue weighted by atomic mass is 10.0. The van der Waals surface area contributed by atoms with Gasteiger partial charge in [-0.05, 0) is 38.7 Å². The van der Waals surface area contributed by atoms with E-state index in [9.17, 15) is 29.4 Å². The molecule has 0 spiro atoms. The molecule has 0 aliphatic rings. The highest BCUT2D eigenvalue weighted by Crippen LogP contribution is 2.23. The predicted octanol–water partition coefficient (Wildman–Crippen LogP) is 3.55. The Kier molecular flexibility index (Phi) is 13.7. The Morgan fingerprint density at radius 1 is 0.917 bits per heavy atom. The van der Waals surface area contributed by atoms with Crippen molar-refractivity contribution >= 4 is 45.5 Å². The van der Waals surface area contributed by atoms with Crippen LogP contribution in [0.5, 0.6) is 0 Å². The maximum atomic E-state index is 12.8. The number of hydrogen-bond donors (Lipinski definition) is 4. The van der Waals surface area contributed by atoms with Crippen LogP contribution >= 0.6 is 21.6 Å². The molecule has 0 heterocycles. The molecule has 36 heavy (non-hydrogen) atoms. The van der Waals surface area contributed by atoms with Crippen molar-refractivity contribution in [2.45, 2.75) is 71.4 Å². The maximum Gasteiger partial charge on any atom is 0.408 e. The molecule has 202 valence electrons. The van der Waals surface area contributed by atoms with Crippen molar-refractivity contribution in [3.63, 3.8) is 0 Å². The van der Waals surface area contributed by atoms with E-state index < -0.39 is 47.7 Å². The minimum atomic E-state index is -1.25. The molecule has 1 rings (SSSR count). The summed E-state index contributed by atoms with van der Waals surface area (Å²) in [4.78, 5) is 47.9. The van der Waals surface area contributed by atoms with Gasteiger partial charge in [0.05, 0.1) is 6.61 Å². The first-order valence-electron chi connectivity index (χ1n) is 11.4. The Balaban J connectivity index is 2.62. The van der Waals surface area contributed by atoms with E-state index in [-0.39, 0.29) is 24.0 Å². The lowest BCUT2D eigenvalue weighted by molar-refractivity contribution is -0.144. The Morgan fingerprint density at radius 2 is 1.44 bits per heavy atom. The molecule has 0 radical (unpaired) electrons. The van der Waals surface area contributed by atoms with Crippen LogP contribution in [0.25, 0.3) is 0 Å². The summed E-state index contributed by atoms with van der Waals surface area (Å²) in [5.74, 6) is -2.88. The summed E-state index contributed by atoms with van der Waals surface area (Å²) in [5, 5.41) is 23.7. The number of amides is 2. The fraction of sp³-hybridized carbons (Fsp3) is 0.583. The molecular formula is C24H36N2O8S2. The van der Waals surface area contributed by atoms with Crippen molar-refractivity contribution in [2.75, 3.05) is 11.5 Å². The van der Waals surface area contributed by atoms with Gasteiger partial charge < -0.3 is 30.3 Å². The van der Waals surface area contributed by atoms with E-state index in [0.29, 0.717) is 6.42 Å². The molecule has 0 aliphatic carbocycles. The molecule has 0 fully saturated rings. The largest absolute Gasteiger partial charge is 0.480 e. The molecule has 3 atom stereocenters. The molecule has 1 aromatic carbocycles. The number of carbonyl (C=O) groups excluding carboxylic acids is 2. The fourth-order valence-corrected chi connectivity index (χ4v) is 5.06. The molecule has 2 amide bonds. The summed E-state index contributed by atoms with van der Waals surface area (Å²) in [6.07, 6.45) is -1.26. The van der Waals surface area contributed by atoms with Crippen LogP contribution in [-0.2, 0) is 30.5 Å². The van der Waals surface area contributed by atoms with Crippen LogP contribution < -0.4 is 10.6 Å². The van der Waals surface area contributed by atoms with Gasteiger partial charge in [-0.15, -0.1) is 0 Å². The predicted molar refractivity (Wildman–Crippen MR) is 140 cm³/mol. The number of carboxylic acids is 2. The van der Waals surface area contributed by atoms with Crippen molar-refractivity contribution in [3.8, 4) is 0 Å². The Hall–Kier alpha value is -2.44. The van der Waals surface area contributed by atoms with Crippen LogP contribution in [0.3, 0.4) is 0 Å².